The summed E-state index contributed by atoms with van der Waals surface area (Å²) < 4.78 is 4.93. The Bertz CT molecular complexity index is 189. The van der Waals surface area contributed by atoms with Crippen molar-refractivity contribution in [2.24, 2.45) is 0 Å². The average Bonchev–Trinajstić information content (AvgIpc) is 2.29. The number of aliphatic hydroxyl groups is 2. The number of rotatable bonds is 6. The van der Waals surface area contributed by atoms with E-state index < -0.39 is 6.10 Å². The quantitative estimate of drug-likeness (QED) is 0.703. The maximum atomic E-state index is 9.94. The molecule has 1 fully saturated rings. The lowest BCUT2D eigenvalue weighted by Gasteiger charge is -2.39. The normalized spacial score (nSPS) is 26.6. The molecule has 4 nitrogen and oxygen atoms in total. The number of hydrogen-bond acceptors (Lipinski definition) is 4. The van der Waals surface area contributed by atoms with Crippen LogP contribution in [0.3, 0.4) is 0 Å². The molecule has 0 aromatic rings. The summed E-state index contributed by atoms with van der Waals surface area (Å²) in [5.41, 5.74) is 0. The summed E-state index contributed by atoms with van der Waals surface area (Å²) >= 11 is 0. The minimum absolute atomic E-state index is 0.213. The monoisotopic (exact) mass is 231 g/mol. The molecule has 0 aromatic carbocycles. The van der Waals surface area contributed by atoms with E-state index in [1.807, 2.05) is 6.92 Å². The van der Waals surface area contributed by atoms with Gasteiger partial charge in [-0.2, -0.15) is 0 Å². The minimum Gasteiger partial charge on any atom is -0.392 e. The standard InChI is InChI=1S/C12H25NO3/c1-3-12(15)11-6-4-5-7-13(11)8-10(14)9-16-2/h10-12,14-15H,3-9H2,1-2H3/t10-,11+,12+/m1/s1. The Hall–Kier alpha value is -0.160. The van der Waals surface area contributed by atoms with Gasteiger partial charge < -0.3 is 14.9 Å². The zero-order chi connectivity index (χ0) is 12.0. The molecule has 0 bridgehead atoms. The maximum Gasteiger partial charge on any atom is 0.0900 e. The van der Waals surface area contributed by atoms with Crippen LogP contribution in [0.5, 0.6) is 0 Å². The van der Waals surface area contributed by atoms with Gasteiger partial charge in [0.1, 0.15) is 0 Å². The molecule has 0 unspecified atom stereocenters. The fraction of sp³-hybridized carbons (Fsp3) is 1.00. The first-order chi connectivity index (χ1) is 7.69. The van der Waals surface area contributed by atoms with Gasteiger partial charge in [-0.15, -0.1) is 0 Å². The molecule has 1 rings (SSSR count). The third kappa shape index (κ3) is 4.01. The summed E-state index contributed by atoms with van der Waals surface area (Å²) in [5.74, 6) is 0. The van der Waals surface area contributed by atoms with Crippen LogP contribution in [0, 0.1) is 0 Å². The Kier molecular flexibility index (Phi) is 6.28. The topological polar surface area (TPSA) is 52.9 Å². The predicted octanol–water partition coefficient (Wildman–Crippen LogP) is 0.619. The highest BCUT2D eigenvalue weighted by Gasteiger charge is 2.28. The number of nitrogens with zero attached hydrogens (tertiary/aromatic N) is 1. The molecule has 0 amide bonds. The zero-order valence-corrected chi connectivity index (χ0v) is 10.4. The molecule has 2 N–H and O–H groups in total. The molecule has 0 aromatic heterocycles. The van der Waals surface area contributed by atoms with Crippen LogP contribution in [0.25, 0.3) is 0 Å². The van der Waals surface area contributed by atoms with Crippen molar-refractivity contribution in [3.8, 4) is 0 Å². The van der Waals surface area contributed by atoms with Crippen molar-refractivity contribution >= 4 is 0 Å². The lowest BCUT2D eigenvalue weighted by molar-refractivity contribution is -0.0186. The number of likely N-dealkylation sites (tertiary alicyclic amines) is 1. The molecule has 16 heavy (non-hydrogen) atoms. The zero-order valence-electron chi connectivity index (χ0n) is 10.4. The van der Waals surface area contributed by atoms with E-state index in [2.05, 4.69) is 4.90 Å². The van der Waals surface area contributed by atoms with Crippen LogP contribution in [-0.4, -0.2) is 60.2 Å². The Morgan fingerprint density at radius 1 is 1.38 bits per heavy atom. The lowest BCUT2D eigenvalue weighted by atomic mass is 9.95. The lowest BCUT2D eigenvalue weighted by Crippen LogP contribution is -2.49. The number of hydrogen-bond donors (Lipinski definition) is 2. The maximum absolute atomic E-state index is 9.94. The Morgan fingerprint density at radius 3 is 2.75 bits per heavy atom. The summed E-state index contributed by atoms with van der Waals surface area (Å²) in [4.78, 5) is 2.21. The fourth-order valence-corrected chi connectivity index (χ4v) is 2.47. The summed E-state index contributed by atoms with van der Waals surface area (Å²) in [6, 6.07) is 0.213. The van der Waals surface area contributed by atoms with Gasteiger partial charge in [-0.1, -0.05) is 13.3 Å². The number of ether oxygens (including phenoxy) is 1. The molecule has 1 heterocycles. The second-order valence-corrected chi connectivity index (χ2v) is 4.64. The largest absolute Gasteiger partial charge is 0.392 e. The van der Waals surface area contributed by atoms with Gasteiger partial charge in [-0.3, -0.25) is 4.90 Å². The summed E-state index contributed by atoms with van der Waals surface area (Å²) in [6.07, 6.45) is 3.44. The van der Waals surface area contributed by atoms with Crippen molar-refractivity contribution in [3.63, 3.8) is 0 Å². The molecule has 4 heteroatoms. The first-order valence-electron chi connectivity index (χ1n) is 6.28. The van der Waals surface area contributed by atoms with Gasteiger partial charge >= 0.3 is 0 Å². The number of methoxy groups -OCH3 is 1. The van der Waals surface area contributed by atoms with Crippen LogP contribution in [0.4, 0.5) is 0 Å². The highest BCUT2D eigenvalue weighted by molar-refractivity contribution is 4.83. The van der Waals surface area contributed by atoms with Gasteiger partial charge in [0.15, 0.2) is 0 Å². The molecule has 96 valence electrons. The molecule has 3 atom stereocenters. The SMILES string of the molecule is CC[C@H](O)[C@@H]1CCCCN1C[C@@H](O)COC. The summed E-state index contributed by atoms with van der Waals surface area (Å²) in [7, 11) is 1.60. The molecule has 1 aliphatic rings. The molecular formula is C12H25NO3. The summed E-state index contributed by atoms with van der Waals surface area (Å²) in [5, 5.41) is 19.7. The molecule has 0 radical (unpaired) electrons. The molecule has 0 saturated carbocycles. The van der Waals surface area contributed by atoms with Crippen molar-refractivity contribution in [3.05, 3.63) is 0 Å². The predicted molar refractivity (Wildman–Crippen MR) is 63.4 cm³/mol. The van der Waals surface area contributed by atoms with E-state index in [-0.39, 0.29) is 12.1 Å². The van der Waals surface area contributed by atoms with Crippen molar-refractivity contribution < 1.29 is 14.9 Å². The van der Waals surface area contributed by atoms with Crippen LogP contribution in [-0.2, 0) is 4.74 Å². The van der Waals surface area contributed by atoms with Gasteiger partial charge in [0, 0.05) is 19.7 Å². The van der Waals surface area contributed by atoms with Crippen molar-refractivity contribution in [2.75, 3.05) is 26.8 Å². The molecule has 0 spiro atoms. The third-order valence-electron chi connectivity index (χ3n) is 3.33. The van der Waals surface area contributed by atoms with Crippen molar-refractivity contribution in [2.45, 2.75) is 50.9 Å². The van der Waals surface area contributed by atoms with E-state index in [0.717, 1.165) is 25.8 Å². The van der Waals surface area contributed by atoms with Crippen LogP contribution >= 0.6 is 0 Å². The van der Waals surface area contributed by atoms with Gasteiger partial charge in [0.25, 0.3) is 0 Å². The summed E-state index contributed by atoms with van der Waals surface area (Å²) in [6.45, 7) is 3.95. The molecule has 1 saturated heterocycles. The van der Waals surface area contributed by atoms with E-state index >= 15 is 0 Å². The minimum atomic E-state index is -0.449. The third-order valence-corrected chi connectivity index (χ3v) is 3.33. The number of aliphatic hydroxyl groups excluding tert-OH is 2. The van der Waals surface area contributed by atoms with Gasteiger partial charge in [0.05, 0.1) is 18.8 Å². The Morgan fingerprint density at radius 2 is 2.12 bits per heavy atom. The van der Waals surface area contributed by atoms with Crippen molar-refractivity contribution in [1.29, 1.82) is 0 Å². The second-order valence-electron chi connectivity index (χ2n) is 4.64. The van der Waals surface area contributed by atoms with Crippen LogP contribution in [0.2, 0.25) is 0 Å². The van der Waals surface area contributed by atoms with Crippen LogP contribution in [0.15, 0.2) is 0 Å². The van der Waals surface area contributed by atoms with E-state index in [9.17, 15) is 10.2 Å². The van der Waals surface area contributed by atoms with Crippen molar-refractivity contribution in [1.82, 2.24) is 4.90 Å². The molecule has 1 aliphatic heterocycles. The Labute approximate surface area is 98.2 Å². The highest BCUT2D eigenvalue weighted by atomic mass is 16.5. The number of β-amino-alcohol motifs (C(OH)–C–C–N with tert-alkyl or cyclic N) is 1. The molecule has 0 aliphatic carbocycles. The average molecular weight is 231 g/mol. The first kappa shape index (κ1) is 13.9. The van der Waals surface area contributed by atoms with Gasteiger partial charge in [0.2, 0.25) is 0 Å². The highest BCUT2D eigenvalue weighted by Crippen LogP contribution is 2.21. The van der Waals surface area contributed by atoms with Gasteiger partial charge in [-0.05, 0) is 25.8 Å². The van der Waals surface area contributed by atoms with E-state index in [1.54, 1.807) is 7.11 Å². The second kappa shape index (κ2) is 7.22. The van der Waals surface area contributed by atoms with E-state index in [1.165, 1.54) is 6.42 Å². The van der Waals surface area contributed by atoms with Gasteiger partial charge in [-0.25, -0.2) is 0 Å². The van der Waals surface area contributed by atoms with E-state index in [4.69, 9.17) is 4.74 Å². The smallest absolute Gasteiger partial charge is 0.0900 e. The number of piperidine rings is 1. The fourth-order valence-electron chi connectivity index (χ4n) is 2.47. The van der Waals surface area contributed by atoms with Crippen LogP contribution in [0.1, 0.15) is 32.6 Å². The van der Waals surface area contributed by atoms with E-state index in [0.29, 0.717) is 13.2 Å². The molecular weight excluding hydrogens is 206 g/mol. The van der Waals surface area contributed by atoms with Crippen LogP contribution < -0.4 is 0 Å². The Balaban J connectivity index is 2.46. The first-order valence-corrected chi connectivity index (χ1v) is 6.28.